The van der Waals surface area contributed by atoms with Crippen LogP contribution in [0.2, 0.25) is 0 Å². The van der Waals surface area contributed by atoms with E-state index in [0.717, 1.165) is 5.56 Å². The molecule has 0 aliphatic heterocycles. The Morgan fingerprint density at radius 1 is 1.38 bits per heavy atom. The predicted octanol–water partition coefficient (Wildman–Crippen LogP) is 0.903. The van der Waals surface area contributed by atoms with Crippen molar-refractivity contribution in [2.45, 2.75) is 6.42 Å². The Morgan fingerprint density at radius 2 is 2.06 bits per heavy atom. The molecule has 0 aromatic heterocycles. The third-order valence-corrected chi connectivity index (χ3v) is 2.22. The molecule has 0 saturated heterocycles. The summed E-state index contributed by atoms with van der Waals surface area (Å²) in [4.78, 5) is 10.9. The molecule has 1 rings (SSSR count). The summed E-state index contributed by atoms with van der Waals surface area (Å²) in [6.45, 7) is 0.419. The van der Waals surface area contributed by atoms with E-state index in [-0.39, 0.29) is 5.56 Å². The number of ether oxygens (including phenoxy) is 2. The molecule has 0 saturated carbocycles. The molecular weight excluding hydrogens is 210 g/mol. The van der Waals surface area contributed by atoms with Gasteiger partial charge in [-0.15, -0.1) is 0 Å². The van der Waals surface area contributed by atoms with Crippen molar-refractivity contribution in [2.75, 3.05) is 20.8 Å². The smallest absolute Gasteiger partial charge is 0.335 e. The molecule has 3 N–H and O–H groups in total. The van der Waals surface area contributed by atoms with Crippen LogP contribution in [0.25, 0.3) is 0 Å². The number of carbonyl (C=O) groups is 1. The van der Waals surface area contributed by atoms with Crippen LogP contribution in [0.3, 0.4) is 0 Å². The Balaban J connectivity index is 3.31. The lowest BCUT2D eigenvalue weighted by molar-refractivity contribution is 0.0696. The lowest BCUT2D eigenvalue weighted by Gasteiger charge is -2.13. The Hall–Kier alpha value is -1.75. The van der Waals surface area contributed by atoms with Gasteiger partial charge >= 0.3 is 5.97 Å². The van der Waals surface area contributed by atoms with E-state index < -0.39 is 5.97 Å². The van der Waals surface area contributed by atoms with Crippen LogP contribution in [0.5, 0.6) is 11.5 Å². The van der Waals surface area contributed by atoms with Gasteiger partial charge in [0.2, 0.25) is 0 Å². The first-order chi connectivity index (χ1) is 7.63. The Bertz CT molecular complexity index is 390. The highest BCUT2D eigenvalue weighted by Crippen LogP contribution is 2.32. The van der Waals surface area contributed by atoms with Gasteiger partial charge in [0.15, 0.2) is 11.5 Å². The zero-order valence-corrected chi connectivity index (χ0v) is 9.32. The number of hydrogen-bond donors (Lipinski definition) is 2. The largest absolute Gasteiger partial charge is 0.493 e. The van der Waals surface area contributed by atoms with Crippen molar-refractivity contribution >= 4 is 5.97 Å². The highest BCUT2D eigenvalue weighted by Gasteiger charge is 2.14. The fourth-order valence-corrected chi connectivity index (χ4v) is 1.51. The monoisotopic (exact) mass is 225 g/mol. The first-order valence-electron chi connectivity index (χ1n) is 4.82. The van der Waals surface area contributed by atoms with Crippen molar-refractivity contribution in [2.24, 2.45) is 5.73 Å². The van der Waals surface area contributed by atoms with Crippen LogP contribution in [-0.4, -0.2) is 31.8 Å². The molecule has 0 heterocycles. The van der Waals surface area contributed by atoms with E-state index in [1.165, 1.54) is 20.3 Å². The van der Waals surface area contributed by atoms with Gasteiger partial charge in [0.25, 0.3) is 0 Å². The van der Waals surface area contributed by atoms with E-state index in [2.05, 4.69) is 0 Å². The number of methoxy groups -OCH3 is 2. The quantitative estimate of drug-likeness (QED) is 0.778. The maximum Gasteiger partial charge on any atom is 0.335 e. The van der Waals surface area contributed by atoms with Gasteiger partial charge in [0.05, 0.1) is 19.8 Å². The molecule has 0 amide bonds. The third kappa shape index (κ3) is 2.43. The number of carboxylic acids is 1. The first kappa shape index (κ1) is 12.3. The van der Waals surface area contributed by atoms with Crippen LogP contribution in [0.1, 0.15) is 15.9 Å². The van der Waals surface area contributed by atoms with Crippen molar-refractivity contribution in [1.29, 1.82) is 0 Å². The van der Waals surface area contributed by atoms with Gasteiger partial charge in [-0.25, -0.2) is 4.79 Å². The average molecular weight is 225 g/mol. The normalized spacial score (nSPS) is 9.94. The van der Waals surface area contributed by atoms with Crippen molar-refractivity contribution in [3.8, 4) is 11.5 Å². The van der Waals surface area contributed by atoms with Gasteiger partial charge in [-0.2, -0.15) is 0 Å². The zero-order chi connectivity index (χ0) is 12.1. The van der Waals surface area contributed by atoms with E-state index in [1.807, 2.05) is 0 Å². The average Bonchev–Trinajstić information content (AvgIpc) is 2.28. The van der Waals surface area contributed by atoms with E-state index in [4.69, 9.17) is 20.3 Å². The fourth-order valence-electron chi connectivity index (χ4n) is 1.51. The summed E-state index contributed by atoms with van der Waals surface area (Å²) < 4.78 is 10.3. The molecule has 0 bridgehead atoms. The molecule has 88 valence electrons. The minimum Gasteiger partial charge on any atom is -0.493 e. The number of carboxylic acid groups (broad SMARTS) is 1. The second-order valence-corrected chi connectivity index (χ2v) is 3.21. The summed E-state index contributed by atoms with van der Waals surface area (Å²) in [5.74, 6) is -0.0528. The third-order valence-electron chi connectivity index (χ3n) is 2.22. The Morgan fingerprint density at radius 3 is 2.50 bits per heavy atom. The van der Waals surface area contributed by atoms with Gasteiger partial charge < -0.3 is 20.3 Å². The molecule has 0 aliphatic rings. The Kier molecular flexibility index (Phi) is 4.13. The van der Waals surface area contributed by atoms with Gasteiger partial charge in [-0.3, -0.25) is 0 Å². The standard InChI is InChI=1S/C11H15NO4/c1-15-9-6-8(11(13)14)5-7(3-4-12)10(9)16-2/h5-6H,3-4,12H2,1-2H3,(H,13,14). The summed E-state index contributed by atoms with van der Waals surface area (Å²) in [5.41, 5.74) is 6.36. The summed E-state index contributed by atoms with van der Waals surface area (Å²) >= 11 is 0. The summed E-state index contributed by atoms with van der Waals surface area (Å²) in [6, 6.07) is 2.98. The van der Waals surface area contributed by atoms with Crippen LogP contribution in [0.4, 0.5) is 0 Å². The SMILES string of the molecule is COc1cc(C(=O)O)cc(CCN)c1OC. The molecule has 16 heavy (non-hydrogen) atoms. The van der Waals surface area contributed by atoms with Crippen LogP contribution in [0, 0.1) is 0 Å². The molecule has 0 fully saturated rings. The molecule has 0 atom stereocenters. The second-order valence-electron chi connectivity index (χ2n) is 3.21. The van der Waals surface area contributed by atoms with Crippen LogP contribution in [-0.2, 0) is 6.42 Å². The van der Waals surface area contributed by atoms with Gasteiger partial charge in [-0.05, 0) is 25.1 Å². The highest BCUT2D eigenvalue weighted by atomic mass is 16.5. The number of rotatable bonds is 5. The van der Waals surface area contributed by atoms with E-state index in [0.29, 0.717) is 24.5 Å². The molecule has 1 aromatic rings. The van der Waals surface area contributed by atoms with Crippen molar-refractivity contribution < 1.29 is 19.4 Å². The summed E-state index contributed by atoms with van der Waals surface area (Å²) in [5, 5.41) is 8.93. The topological polar surface area (TPSA) is 81.8 Å². The number of hydrogen-bond acceptors (Lipinski definition) is 4. The number of benzene rings is 1. The summed E-state index contributed by atoms with van der Waals surface area (Å²) in [6.07, 6.45) is 0.542. The maximum absolute atomic E-state index is 10.9. The molecule has 0 unspecified atom stereocenters. The van der Waals surface area contributed by atoms with E-state index in [1.54, 1.807) is 6.07 Å². The van der Waals surface area contributed by atoms with Crippen molar-refractivity contribution in [3.05, 3.63) is 23.3 Å². The molecule has 5 nitrogen and oxygen atoms in total. The lowest BCUT2D eigenvalue weighted by atomic mass is 10.1. The van der Waals surface area contributed by atoms with Gasteiger partial charge in [-0.1, -0.05) is 0 Å². The lowest BCUT2D eigenvalue weighted by Crippen LogP contribution is -2.07. The van der Waals surface area contributed by atoms with Gasteiger partial charge in [0.1, 0.15) is 0 Å². The van der Waals surface area contributed by atoms with E-state index >= 15 is 0 Å². The molecule has 0 radical (unpaired) electrons. The van der Waals surface area contributed by atoms with E-state index in [9.17, 15) is 4.79 Å². The predicted molar refractivity (Wildman–Crippen MR) is 59.3 cm³/mol. The highest BCUT2D eigenvalue weighted by molar-refractivity contribution is 5.89. The molecule has 0 aliphatic carbocycles. The minimum atomic E-state index is -1.00. The number of nitrogens with two attached hydrogens (primary N) is 1. The maximum atomic E-state index is 10.9. The van der Waals surface area contributed by atoms with Crippen LogP contribution >= 0.6 is 0 Å². The molecule has 0 spiro atoms. The second kappa shape index (κ2) is 5.37. The molecule has 1 aromatic carbocycles. The molecular formula is C11H15NO4. The Labute approximate surface area is 93.8 Å². The van der Waals surface area contributed by atoms with Crippen LogP contribution in [0.15, 0.2) is 12.1 Å². The fraction of sp³-hybridized carbons (Fsp3) is 0.364. The minimum absolute atomic E-state index is 0.168. The van der Waals surface area contributed by atoms with Gasteiger partial charge in [0, 0.05) is 5.56 Å². The zero-order valence-electron chi connectivity index (χ0n) is 9.32. The summed E-state index contributed by atoms with van der Waals surface area (Å²) in [7, 11) is 2.98. The number of aromatic carboxylic acids is 1. The molecule has 5 heteroatoms. The van der Waals surface area contributed by atoms with Crippen molar-refractivity contribution in [1.82, 2.24) is 0 Å². The first-order valence-corrected chi connectivity index (χ1v) is 4.82. The van der Waals surface area contributed by atoms with Crippen molar-refractivity contribution in [3.63, 3.8) is 0 Å². The van der Waals surface area contributed by atoms with Crippen LogP contribution < -0.4 is 15.2 Å².